The summed E-state index contributed by atoms with van der Waals surface area (Å²) in [7, 11) is 0. The third kappa shape index (κ3) is 4.79. The van der Waals surface area contributed by atoms with Gasteiger partial charge < -0.3 is 4.57 Å². The van der Waals surface area contributed by atoms with E-state index >= 15 is 0 Å². The molecular weight excluding hydrogens is 585 g/mol. The molecule has 0 atom stereocenters. The maximum atomic E-state index is 4.99. The van der Waals surface area contributed by atoms with Crippen molar-refractivity contribution in [2.75, 3.05) is 0 Å². The fourth-order valence-electron chi connectivity index (χ4n) is 6.74. The van der Waals surface area contributed by atoms with Crippen LogP contribution >= 0.6 is 0 Å². The van der Waals surface area contributed by atoms with Gasteiger partial charge in [0.05, 0.1) is 16.7 Å². The van der Waals surface area contributed by atoms with Crippen LogP contribution in [0.1, 0.15) is 0 Å². The van der Waals surface area contributed by atoms with Crippen molar-refractivity contribution in [3.63, 3.8) is 0 Å². The zero-order valence-corrected chi connectivity index (χ0v) is 26.1. The lowest BCUT2D eigenvalue weighted by molar-refractivity contribution is 0.889. The molecule has 0 N–H and O–H groups in total. The Kier molecular flexibility index (Phi) is 6.76. The Balaban J connectivity index is 1.16. The smallest absolute Gasteiger partial charge is 0.182 e. The molecule has 0 fully saturated rings. The van der Waals surface area contributed by atoms with E-state index in [0.29, 0.717) is 5.82 Å². The first-order valence-electron chi connectivity index (χ1n) is 16.2. The Morgan fingerprint density at radius 2 is 0.917 bits per heavy atom. The van der Waals surface area contributed by atoms with Crippen LogP contribution in [0.3, 0.4) is 0 Å². The van der Waals surface area contributed by atoms with Crippen LogP contribution in [-0.2, 0) is 0 Å². The summed E-state index contributed by atoms with van der Waals surface area (Å²) >= 11 is 0. The minimum Gasteiger partial charge on any atom is -0.309 e. The molecule has 0 radical (unpaired) electrons. The van der Waals surface area contributed by atoms with Crippen molar-refractivity contribution in [1.29, 1.82) is 0 Å². The zero-order valence-electron chi connectivity index (χ0n) is 26.1. The Morgan fingerprint density at radius 1 is 0.375 bits per heavy atom. The summed E-state index contributed by atoms with van der Waals surface area (Å²) in [6, 6.07) is 63.8. The SMILES string of the molecule is c1ccc(-c2nc(-c3ccccc3)n(-c3ccc(-n4c5ccccc5c5cc(-c6ccccc6-c6ccccc6)ccc54)cc3)n2)cc1. The van der Waals surface area contributed by atoms with Gasteiger partial charge in [-0.3, -0.25) is 0 Å². The maximum absolute atomic E-state index is 4.99. The summed E-state index contributed by atoms with van der Waals surface area (Å²) in [6.45, 7) is 0. The van der Waals surface area contributed by atoms with Gasteiger partial charge >= 0.3 is 0 Å². The summed E-state index contributed by atoms with van der Waals surface area (Å²) in [6.07, 6.45) is 0. The van der Waals surface area contributed by atoms with Crippen LogP contribution in [-0.4, -0.2) is 19.3 Å². The summed E-state index contributed by atoms with van der Waals surface area (Å²) in [5.74, 6) is 1.51. The Bertz CT molecular complexity index is 2530. The van der Waals surface area contributed by atoms with Crippen molar-refractivity contribution < 1.29 is 0 Å². The lowest BCUT2D eigenvalue weighted by Gasteiger charge is -2.12. The third-order valence-electron chi connectivity index (χ3n) is 9.02. The fourth-order valence-corrected chi connectivity index (χ4v) is 6.74. The average Bonchev–Trinajstić information content (AvgIpc) is 3.76. The van der Waals surface area contributed by atoms with Crippen LogP contribution in [0, 0.1) is 0 Å². The molecule has 0 aliphatic rings. The Hall–Kier alpha value is -6.52. The second-order valence-corrected chi connectivity index (χ2v) is 11.9. The number of para-hydroxylation sites is 1. The second kappa shape index (κ2) is 11.7. The van der Waals surface area contributed by atoms with Crippen molar-refractivity contribution in [1.82, 2.24) is 19.3 Å². The van der Waals surface area contributed by atoms with Gasteiger partial charge in [0.2, 0.25) is 0 Å². The molecule has 226 valence electrons. The van der Waals surface area contributed by atoms with Gasteiger partial charge in [0.15, 0.2) is 11.6 Å². The van der Waals surface area contributed by atoms with Crippen LogP contribution in [0.4, 0.5) is 0 Å². The van der Waals surface area contributed by atoms with E-state index in [1.165, 1.54) is 44.1 Å². The van der Waals surface area contributed by atoms with Crippen molar-refractivity contribution in [3.8, 4) is 56.4 Å². The minimum absolute atomic E-state index is 0.700. The molecule has 4 nitrogen and oxygen atoms in total. The molecule has 9 aromatic rings. The molecule has 0 amide bonds. The number of benzene rings is 7. The van der Waals surface area contributed by atoms with Crippen molar-refractivity contribution in [3.05, 3.63) is 182 Å². The first-order chi connectivity index (χ1) is 23.8. The van der Waals surface area contributed by atoms with Gasteiger partial charge in [-0.25, -0.2) is 9.67 Å². The minimum atomic E-state index is 0.700. The lowest BCUT2D eigenvalue weighted by Crippen LogP contribution is -2.01. The number of aromatic nitrogens is 4. The largest absolute Gasteiger partial charge is 0.309 e. The molecule has 2 aromatic heterocycles. The molecule has 4 heteroatoms. The molecule has 0 bridgehead atoms. The van der Waals surface area contributed by atoms with Crippen LogP contribution in [0.2, 0.25) is 0 Å². The number of hydrogen-bond donors (Lipinski definition) is 0. The van der Waals surface area contributed by atoms with Crippen molar-refractivity contribution in [2.24, 2.45) is 0 Å². The quantitative estimate of drug-likeness (QED) is 0.187. The first-order valence-corrected chi connectivity index (χ1v) is 16.2. The van der Waals surface area contributed by atoms with Gasteiger partial charge in [0.1, 0.15) is 0 Å². The molecule has 0 unspecified atom stereocenters. The highest BCUT2D eigenvalue weighted by Gasteiger charge is 2.17. The number of rotatable bonds is 6. The summed E-state index contributed by atoms with van der Waals surface area (Å²) in [5.41, 5.74) is 11.3. The van der Waals surface area contributed by atoms with Crippen LogP contribution in [0.15, 0.2) is 182 Å². The first kappa shape index (κ1) is 27.8. The third-order valence-corrected chi connectivity index (χ3v) is 9.02. The number of nitrogens with zero attached hydrogens (tertiary/aromatic N) is 4. The average molecular weight is 615 g/mol. The van der Waals surface area contributed by atoms with E-state index < -0.39 is 0 Å². The van der Waals surface area contributed by atoms with Crippen molar-refractivity contribution in [2.45, 2.75) is 0 Å². The van der Waals surface area contributed by atoms with E-state index in [0.717, 1.165) is 28.3 Å². The van der Waals surface area contributed by atoms with Gasteiger partial charge in [0.25, 0.3) is 0 Å². The highest BCUT2D eigenvalue weighted by Crippen LogP contribution is 2.38. The molecule has 7 aromatic carbocycles. The lowest BCUT2D eigenvalue weighted by atomic mass is 9.94. The molecule has 0 saturated carbocycles. The molecule has 9 rings (SSSR count). The summed E-state index contributed by atoms with van der Waals surface area (Å²) in [5, 5.41) is 7.44. The van der Waals surface area contributed by atoms with E-state index in [1.807, 2.05) is 53.2 Å². The molecule has 0 aliphatic heterocycles. The van der Waals surface area contributed by atoms with Crippen LogP contribution < -0.4 is 0 Å². The summed E-state index contributed by atoms with van der Waals surface area (Å²) < 4.78 is 4.31. The normalized spacial score (nSPS) is 11.3. The second-order valence-electron chi connectivity index (χ2n) is 11.9. The highest BCUT2D eigenvalue weighted by molar-refractivity contribution is 6.10. The molecule has 0 spiro atoms. The van der Waals surface area contributed by atoms with Gasteiger partial charge in [-0.1, -0.05) is 140 Å². The monoisotopic (exact) mass is 614 g/mol. The maximum Gasteiger partial charge on any atom is 0.182 e. The fraction of sp³-hybridized carbons (Fsp3) is 0. The van der Waals surface area contributed by atoms with E-state index in [-0.39, 0.29) is 0 Å². The molecular formula is C44H30N4. The van der Waals surface area contributed by atoms with E-state index in [2.05, 4.69) is 138 Å². The molecule has 48 heavy (non-hydrogen) atoms. The van der Waals surface area contributed by atoms with Gasteiger partial charge in [-0.15, -0.1) is 5.10 Å². The van der Waals surface area contributed by atoms with Crippen LogP contribution in [0.25, 0.3) is 78.2 Å². The van der Waals surface area contributed by atoms with Gasteiger partial charge in [-0.2, -0.15) is 0 Å². The molecule has 2 heterocycles. The molecule has 0 aliphatic carbocycles. The van der Waals surface area contributed by atoms with Crippen LogP contribution in [0.5, 0.6) is 0 Å². The van der Waals surface area contributed by atoms with Gasteiger partial charge in [0, 0.05) is 27.6 Å². The van der Waals surface area contributed by atoms with E-state index in [1.54, 1.807) is 0 Å². The number of hydrogen-bond acceptors (Lipinski definition) is 2. The molecule has 0 saturated heterocycles. The summed E-state index contributed by atoms with van der Waals surface area (Å²) in [4.78, 5) is 4.99. The number of fused-ring (bicyclic) bond motifs is 3. The van der Waals surface area contributed by atoms with E-state index in [4.69, 9.17) is 10.1 Å². The highest BCUT2D eigenvalue weighted by atomic mass is 15.4. The van der Waals surface area contributed by atoms with Crippen molar-refractivity contribution >= 4 is 21.8 Å². The standard InChI is InChI=1S/C44H30N4/c1-4-14-31(15-5-1)37-20-10-11-21-38(37)34-24-29-42-40(30-34)39-22-12-13-23-41(39)47(42)35-25-27-36(28-26-35)48-44(33-18-8-3-9-19-33)45-43(46-48)32-16-6-2-7-17-32/h1-30H. The Morgan fingerprint density at radius 3 is 1.62 bits per heavy atom. The predicted molar refractivity (Wildman–Crippen MR) is 197 cm³/mol. The zero-order chi connectivity index (χ0) is 31.9. The van der Waals surface area contributed by atoms with Gasteiger partial charge in [-0.05, 0) is 64.7 Å². The predicted octanol–water partition coefficient (Wildman–Crippen LogP) is 11.0. The topological polar surface area (TPSA) is 35.6 Å². The van der Waals surface area contributed by atoms with E-state index in [9.17, 15) is 0 Å². The Labute approximate surface area is 278 Å².